The third kappa shape index (κ3) is 3.44. The number of hydrogen-bond donors (Lipinski definition) is 1. The molecule has 0 saturated heterocycles. The van der Waals surface area contributed by atoms with Crippen LogP contribution in [0.1, 0.15) is 24.0 Å². The first-order chi connectivity index (χ1) is 9.62. The highest BCUT2D eigenvalue weighted by Gasteiger charge is 2.10. The highest BCUT2D eigenvalue weighted by atomic mass is 15.2. The summed E-state index contributed by atoms with van der Waals surface area (Å²) < 4.78 is 0. The summed E-state index contributed by atoms with van der Waals surface area (Å²) in [6.45, 7) is 7.72. The largest absolute Gasteiger partial charge is 0.357 e. The van der Waals surface area contributed by atoms with Crippen LogP contribution in [0.2, 0.25) is 0 Å². The summed E-state index contributed by atoms with van der Waals surface area (Å²) in [6, 6.07) is 8.09. The number of hydrogen-bond acceptors (Lipinski definition) is 5. The van der Waals surface area contributed by atoms with Gasteiger partial charge in [-0.2, -0.15) is 4.98 Å². The Morgan fingerprint density at radius 3 is 2.55 bits per heavy atom. The molecular formula is C15H21N5. The van der Waals surface area contributed by atoms with Crippen molar-refractivity contribution in [3.63, 3.8) is 0 Å². The lowest BCUT2D eigenvalue weighted by atomic mass is 10.3. The van der Waals surface area contributed by atoms with Crippen LogP contribution < -0.4 is 10.2 Å². The third-order valence-corrected chi connectivity index (χ3v) is 3.07. The maximum atomic E-state index is 4.55. The molecule has 0 atom stereocenters. The second-order valence-corrected chi connectivity index (χ2v) is 4.73. The van der Waals surface area contributed by atoms with Crippen molar-refractivity contribution in [2.45, 2.75) is 27.3 Å². The average Bonchev–Trinajstić information content (AvgIpc) is 2.44. The standard InChI is InChI=1S/C15H21N5/c1-5-20(10-13-8-6-7-11(2)17-13)14-9-12(3)18-15(16-4)19-14/h6-9H,5,10H2,1-4H3,(H,16,18,19). The molecule has 0 unspecified atom stereocenters. The van der Waals surface area contributed by atoms with Crippen molar-refractivity contribution >= 4 is 11.8 Å². The molecule has 0 aromatic carbocycles. The van der Waals surface area contributed by atoms with Gasteiger partial charge in [-0.1, -0.05) is 6.07 Å². The molecule has 2 heterocycles. The van der Waals surface area contributed by atoms with Gasteiger partial charge in [-0.3, -0.25) is 4.98 Å². The molecule has 2 rings (SSSR count). The summed E-state index contributed by atoms with van der Waals surface area (Å²) >= 11 is 0. The minimum atomic E-state index is 0.649. The summed E-state index contributed by atoms with van der Waals surface area (Å²) in [4.78, 5) is 15.6. The molecule has 0 aliphatic rings. The summed E-state index contributed by atoms with van der Waals surface area (Å²) in [5.74, 6) is 1.57. The zero-order valence-electron chi connectivity index (χ0n) is 12.5. The molecule has 106 valence electrons. The average molecular weight is 271 g/mol. The number of pyridine rings is 1. The van der Waals surface area contributed by atoms with Gasteiger partial charge in [0.25, 0.3) is 0 Å². The second kappa shape index (κ2) is 6.32. The van der Waals surface area contributed by atoms with E-state index in [1.165, 1.54) is 0 Å². The Morgan fingerprint density at radius 1 is 1.10 bits per heavy atom. The second-order valence-electron chi connectivity index (χ2n) is 4.73. The van der Waals surface area contributed by atoms with Crippen LogP contribution in [0, 0.1) is 13.8 Å². The van der Waals surface area contributed by atoms with Crippen molar-refractivity contribution in [2.75, 3.05) is 23.8 Å². The Labute approximate surface area is 120 Å². The molecule has 0 aliphatic carbocycles. The molecule has 1 N–H and O–H groups in total. The van der Waals surface area contributed by atoms with Crippen LogP contribution >= 0.6 is 0 Å². The molecule has 0 saturated carbocycles. The van der Waals surface area contributed by atoms with Gasteiger partial charge in [0.2, 0.25) is 5.95 Å². The van der Waals surface area contributed by atoms with E-state index in [-0.39, 0.29) is 0 Å². The number of rotatable bonds is 5. The van der Waals surface area contributed by atoms with E-state index in [1.54, 1.807) is 0 Å². The number of nitrogens with one attached hydrogen (secondary N) is 1. The van der Waals surface area contributed by atoms with Gasteiger partial charge in [-0.15, -0.1) is 0 Å². The Kier molecular flexibility index (Phi) is 4.50. The maximum Gasteiger partial charge on any atom is 0.224 e. The first-order valence-electron chi connectivity index (χ1n) is 6.83. The minimum Gasteiger partial charge on any atom is -0.357 e. The van der Waals surface area contributed by atoms with Crippen molar-refractivity contribution in [2.24, 2.45) is 0 Å². The normalized spacial score (nSPS) is 10.4. The highest BCUT2D eigenvalue weighted by Crippen LogP contribution is 2.16. The molecule has 0 bridgehead atoms. The first kappa shape index (κ1) is 14.2. The van der Waals surface area contributed by atoms with E-state index in [1.807, 2.05) is 45.2 Å². The Hall–Kier alpha value is -2.17. The molecule has 0 spiro atoms. The molecule has 2 aromatic rings. The molecule has 2 aromatic heterocycles. The molecule has 5 nitrogen and oxygen atoms in total. The van der Waals surface area contributed by atoms with Crippen LogP contribution in [0.25, 0.3) is 0 Å². The van der Waals surface area contributed by atoms with Crippen molar-refractivity contribution in [3.8, 4) is 0 Å². The first-order valence-corrected chi connectivity index (χ1v) is 6.83. The van der Waals surface area contributed by atoms with Crippen molar-refractivity contribution in [3.05, 3.63) is 41.3 Å². The molecule has 0 aliphatic heterocycles. The van der Waals surface area contributed by atoms with Crippen LogP contribution in [0.15, 0.2) is 24.3 Å². The number of nitrogens with zero attached hydrogens (tertiary/aromatic N) is 4. The fraction of sp³-hybridized carbons (Fsp3) is 0.400. The molecule has 0 radical (unpaired) electrons. The fourth-order valence-corrected chi connectivity index (χ4v) is 2.06. The number of aromatic nitrogens is 3. The van der Waals surface area contributed by atoms with E-state index in [4.69, 9.17) is 0 Å². The Morgan fingerprint density at radius 2 is 1.90 bits per heavy atom. The van der Waals surface area contributed by atoms with E-state index in [0.29, 0.717) is 5.95 Å². The van der Waals surface area contributed by atoms with Gasteiger partial charge in [0.15, 0.2) is 0 Å². The van der Waals surface area contributed by atoms with E-state index < -0.39 is 0 Å². The third-order valence-electron chi connectivity index (χ3n) is 3.07. The van der Waals surface area contributed by atoms with Crippen LogP contribution in [-0.2, 0) is 6.54 Å². The number of anilines is 2. The summed E-state index contributed by atoms with van der Waals surface area (Å²) in [5.41, 5.74) is 3.04. The smallest absolute Gasteiger partial charge is 0.224 e. The Bertz CT molecular complexity index is 582. The lowest BCUT2D eigenvalue weighted by molar-refractivity contribution is 0.787. The zero-order chi connectivity index (χ0) is 14.5. The fourth-order valence-electron chi connectivity index (χ4n) is 2.06. The van der Waals surface area contributed by atoms with Crippen molar-refractivity contribution in [1.82, 2.24) is 15.0 Å². The van der Waals surface area contributed by atoms with Crippen LogP contribution in [0.4, 0.5) is 11.8 Å². The lowest BCUT2D eigenvalue weighted by Gasteiger charge is -2.22. The maximum absolute atomic E-state index is 4.55. The highest BCUT2D eigenvalue weighted by molar-refractivity contribution is 5.44. The minimum absolute atomic E-state index is 0.649. The van der Waals surface area contributed by atoms with Gasteiger partial charge in [0, 0.05) is 31.0 Å². The van der Waals surface area contributed by atoms with Gasteiger partial charge in [0.1, 0.15) is 5.82 Å². The molecule has 0 fully saturated rings. The van der Waals surface area contributed by atoms with Crippen LogP contribution in [0.5, 0.6) is 0 Å². The molecule has 5 heteroatoms. The van der Waals surface area contributed by atoms with Gasteiger partial charge in [-0.25, -0.2) is 4.98 Å². The zero-order valence-corrected chi connectivity index (χ0v) is 12.5. The van der Waals surface area contributed by atoms with E-state index >= 15 is 0 Å². The predicted molar refractivity (Wildman–Crippen MR) is 82.0 cm³/mol. The van der Waals surface area contributed by atoms with E-state index in [2.05, 4.69) is 32.1 Å². The Balaban J connectivity index is 2.26. The quantitative estimate of drug-likeness (QED) is 0.905. The van der Waals surface area contributed by atoms with Crippen molar-refractivity contribution in [1.29, 1.82) is 0 Å². The summed E-state index contributed by atoms with van der Waals surface area (Å²) in [6.07, 6.45) is 0. The van der Waals surface area contributed by atoms with Crippen molar-refractivity contribution < 1.29 is 0 Å². The summed E-state index contributed by atoms with van der Waals surface area (Å²) in [7, 11) is 1.83. The van der Waals surface area contributed by atoms with Gasteiger partial charge >= 0.3 is 0 Å². The summed E-state index contributed by atoms with van der Waals surface area (Å²) in [5, 5.41) is 3.00. The van der Waals surface area contributed by atoms with E-state index in [9.17, 15) is 0 Å². The van der Waals surface area contributed by atoms with Gasteiger partial charge < -0.3 is 10.2 Å². The molecule has 0 amide bonds. The van der Waals surface area contributed by atoms with Gasteiger partial charge in [-0.05, 0) is 32.9 Å². The predicted octanol–water partition coefficient (Wildman–Crippen LogP) is 2.56. The van der Waals surface area contributed by atoms with Crippen LogP contribution in [0.3, 0.4) is 0 Å². The van der Waals surface area contributed by atoms with Crippen LogP contribution in [-0.4, -0.2) is 28.5 Å². The number of aryl methyl sites for hydroxylation is 2. The molecular weight excluding hydrogens is 250 g/mol. The van der Waals surface area contributed by atoms with Gasteiger partial charge in [0.05, 0.1) is 12.2 Å². The van der Waals surface area contributed by atoms with E-state index in [0.717, 1.165) is 36.0 Å². The monoisotopic (exact) mass is 271 g/mol. The topological polar surface area (TPSA) is 53.9 Å². The molecule has 20 heavy (non-hydrogen) atoms. The lowest BCUT2D eigenvalue weighted by Crippen LogP contribution is -2.24. The SMILES string of the molecule is CCN(Cc1cccc(C)n1)c1cc(C)nc(NC)n1.